The van der Waals surface area contributed by atoms with Gasteiger partial charge in [-0.3, -0.25) is 14.4 Å². The first-order chi connectivity index (χ1) is 13.1. The molecule has 1 fully saturated rings. The van der Waals surface area contributed by atoms with Crippen molar-refractivity contribution < 1.29 is 19.1 Å². The van der Waals surface area contributed by atoms with E-state index in [-0.39, 0.29) is 5.91 Å². The highest BCUT2D eigenvalue weighted by Gasteiger charge is 2.20. The highest BCUT2D eigenvalue weighted by Crippen LogP contribution is 2.25. The van der Waals surface area contributed by atoms with Gasteiger partial charge in [-0.15, -0.1) is 0 Å². The van der Waals surface area contributed by atoms with Crippen molar-refractivity contribution >= 4 is 34.8 Å². The number of para-hydroxylation sites is 2. The zero-order valence-electron chi connectivity index (χ0n) is 15.0. The fourth-order valence-corrected chi connectivity index (χ4v) is 2.95. The predicted molar refractivity (Wildman–Crippen MR) is 103 cm³/mol. The number of rotatable bonds is 4. The molecule has 0 atom stereocenters. The molecule has 140 valence electrons. The summed E-state index contributed by atoms with van der Waals surface area (Å²) in [6.07, 6.45) is 2.37. The van der Waals surface area contributed by atoms with E-state index < -0.39 is 11.8 Å². The number of methoxy groups -OCH3 is 1. The number of anilines is 3. The molecule has 0 saturated carbocycles. The van der Waals surface area contributed by atoms with E-state index in [4.69, 9.17) is 4.74 Å². The number of hydrogen-bond donors (Lipinski definition) is 2. The van der Waals surface area contributed by atoms with Crippen LogP contribution < -0.4 is 20.3 Å². The lowest BCUT2D eigenvalue weighted by Gasteiger charge is -2.27. The molecule has 7 heteroatoms. The maximum atomic E-state index is 12.2. The topological polar surface area (TPSA) is 87.7 Å². The van der Waals surface area contributed by atoms with Gasteiger partial charge in [0.05, 0.1) is 12.8 Å². The molecule has 3 rings (SSSR count). The van der Waals surface area contributed by atoms with Gasteiger partial charge in [0.15, 0.2) is 0 Å². The molecule has 0 aromatic heterocycles. The van der Waals surface area contributed by atoms with Gasteiger partial charge in [0.1, 0.15) is 5.75 Å². The van der Waals surface area contributed by atoms with Crippen molar-refractivity contribution in [2.75, 3.05) is 29.2 Å². The smallest absolute Gasteiger partial charge is 0.314 e. The summed E-state index contributed by atoms with van der Waals surface area (Å²) in [4.78, 5) is 38.2. The van der Waals surface area contributed by atoms with Crippen molar-refractivity contribution in [1.29, 1.82) is 0 Å². The van der Waals surface area contributed by atoms with E-state index in [2.05, 4.69) is 10.6 Å². The number of hydrogen-bond acceptors (Lipinski definition) is 4. The van der Waals surface area contributed by atoms with Crippen LogP contribution in [0.3, 0.4) is 0 Å². The third-order valence-electron chi connectivity index (χ3n) is 4.30. The summed E-state index contributed by atoms with van der Waals surface area (Å²) < 4.78 is 5.15. The van der Waals surface area contributed by atoms with Crippen molar-refractivity contribution in [3.05, 3.63) is 48.5 Å². The molecule has 1 aliphatic rings. The summed E-state index contributed by atoms with van der Waals surface area (Å²) >= 11 is 0. The minimum Gasteiger partial charge on any atom is -0.495 e. The molecule has 1 saturated heterocycles. The molecule has 1 aliphatic heterocycles. The normalized spacial score (nSPS) is 13.8. The first-order valence-electron chi connectivity index (χ1n) is 8.74. The van der Waals surface area contributed by atoms with Crippen molar-refractivity contribution in [3.63, 3.8) is 0 Å². The van der Waals surface area contributed by atoms with Gasteiger partial charge in [0, 0.05) is 24.3 Å². The molecule has 0 aliphatic carbocycles. The van der Waals surface area contributed by atoms with Crippen LogP contribution in [0.1, 0.15) is 19.3 Å². The molecule has 2 N–H and O–H groups in total. The molecule has 7 nitrogen and oxygen atoms in total. The van der Waals surface area contributed by atoms with E-state index in [1.54, 1.807) is 47.4 Å². The number of nitrogens with one attached hydrogen (secondary N) is 2. The molecule has 1 heterocycles. The summed E-state index contributed by atoms with van der Waals surface area (Å²) in [7, 11) is 1.48. The first-order valence-corrected chi connectivity index (χ1v) is 8.74. The average Bonchev–Trinajstić information content (AvgIpc) is 2.69. The largest absolute Gasteiger partial charge is 0.495 e. The lowest BCUT2D eigenvalue weighted by atomic mass is 10.1. The highest BCUT2D eigenvalue weighted by atomic mass is 16.5. The minimum absolute atomic E-state index is 0.0682. The number of carbonyl (C=O) groups excluding carboxylic acids is 3. The van der Waals surface area contributed by atoms with E-state index in [1.807, 2.05) is 6.07 Å². The minimum atomic E-state index is -0.807. The average molecular weight is 367 g/mol. The fraction of sp³-hybridized carbons (Fsp3) is 0.250. The molecule has 2 aromatic carbocycles. The number of amides is 3. The third-order valence-corrected chi connectivity index (χ3v) is 4.30. The number of benzene rings is 2. The van der Waals surface area contributed by atoms with Gasteiger partial charge < -0.3 is 20.3 Å². The van der Waals surface area contributed by atoms with Gasteiger partial charge in [-0.2, -0.15) is 0 Å². The van der Waals surface area contributed by atoms with E-state index in [0.29, 0.717) is 35.8 Å². The second kappa shape index (κ2) is 8.35. The molecular formula is C20H21N3O4. The van der Waals surface area contributed by atoms with Crippen molar-refractivity contribution in [1.82, 2.24) is 0 Å². The van der Waals surface area contributed by atoms with E-state index in [0.717, 1.165) is 12.8 Å². The predicted octanol–water partition coefficient (Wildman–Crippen LogP) is 2.79. The standard InChI is InChI=1S/C20H21N3O4/c1-27-17-10-3-2-9-16(17)22-20(26)19(25)21-14-7-6-8-15(13-14)23-12-5-4-11-18(23)24/h2-3,6-10,13H,4-5,11-12H2,1H3,(H,21,25)(H,22,26). The summed E-state index contributed by atoms with van der Waals surface area (Å²) in [6, 6.07) is 13.7. The van der Waals surface area contributed by atoms with Crippen LogP contribution in [0.5, 0.6) is 5.75 Å². The Morgan fingerprint density at radius 1 is 1.00 bits per heavy atom. The van der Waals surface area contributed by atoms with Gasteiger partial charge >= 0.3 is 11.8 Å². The molecule has 0 unspecified atom stereocenters. The summed E-state index contributed by atoms with van der Waals surface area (Å²) in [5.41, 5.74) is 1.57. The Bertz CT molecular complexity index is 866. The van der Waals surface area contributed by atoms with E-state index >= 15 is 0 Å². The maximum Gasteiger partial charge on any atom is 0.314 e. The third kappa shape index (κ3) is 4.44. The zero-order chi connectivity index (χ0) is 19.2. The van der Waals surface area contributed by atoms with Crippen LogP contribution in [0.2, 0.25) is 0 Å². The molecule has 0 bridgehead atoms. The Kier molecular flexibility index (Phi) is 5.71. The first kappa shape index (κ1) is 18.4. The van der Waals surface area contributed by atoms with E-state index in [1.165, 1.54) is 7.11 Å². The Labute approximate surface area is 157 Å². The van der Waals surface area contributed by atoms with Crippen LogP contribution in [0.15, 0.2) is 48.5 Å². The van der Waals surface area contributed by atoms with Crippen LogP contribution in [0.25, 0.3) is 0 Å². The number of ether oxygens (including phenoxy) is 1. The van der Waals surface area contributed by atoms with Gasteiger partial charge in [0.2, 0.25) is 5.91 Å². The Hall–Kier alpha value is -3.35. The summed E-state index contributed by atoms with van der Waals surface area (Å²) in [5.74, 6) is -1.08. The Balaban J connectivity index is 1.67. The zero-order valence-corrected chi connectivity index (χ0v) is 15.0. The second-order valence-electron chi connectivity index (χ2n) is 6.16. The fourth-order valence-electron chi connectivity index (χ4n) is 2.95. The van der Waals surface area contributed by atoms with Crippen LogP contribution in [0.4, 0.5) is 17.1 Å². The second-order valence-corrected chi connectivity index (χ2v) is 6.16. The lowest BCUT2D eigenvalue weighted by Crippen LogP contribution is -2.35. The quantitative estimate of drug-likeness (QED) is 0.814. The van der Waals surface area contributed by atoms with Crippen LogP contribution in [-0.4, -0.2) is 31.4 Å². The van der Waals surface area contributed by atoms with E-state index in [9.17, 15) is 14.4 Å². The Morgan fingerprint density at radius 2 is 1.78 bits per heavy atom. The van der Waals surface area contributed by atoms with Crippen LogP contribution in [-0.2, 0) is 14.4 Å². The molecule has 0 spiro atoms. The molecule has 0 radical (unpaired) electrons. The number of carbonyl (C=O) groups is 3. The van der Waals surface area contributed by atoms with Crippen molar-refractivity contribution in [2.45, 2.75) is 19.3 Å². The van der Waals surface area contributed by atoms with Gasteiger partial charge in [-0.05, 0) is 43.2 Å². The highest BCUT2D eigenvalue weighted by molar-refractivity contribution is 6.43. The number of nitrogens with zero attached hydrogens (tertiary/aromatic N) is 1. The summed E-state index contributed by atoms with van der Waals surface area (Å²) in [6.45, 7) is 0.657. The van der Waals surface area contributed by atoms with Crippen LogP contribution in [0, 0.1) is 0 Å². The monoisotopic (exact) mass is 367 g/mol. The number of piperidine rings is 1. The lowest BCUT2D eigenvalue weighted by molar-refractivity contribution is -0.133. The summed E-state index contributed by atoms with van der Waals surface area (Å²) in [5, 5.41) is 5.09. The SMILES string of the molecule is COc1ccccc1NC(=O)C(=O)Nc1cccc(N2CCCCC2=O)c1. The molecule has 3 amide bonds. The van der Waals surface area contributed by atoms with Gasteiger partial charge in [0.25, 0.3) is 0 Å². The molecule has 27 heavy (non-hydrogen) atoms. The van der Waals surface area contributed by atoms with Gasteiger partial charge in [-0.25, -0.2) is 0 Å². The maximum absolute atomic E-state index is 12.2. The van der Waals surface area contributed by atoms with Crippen molar-refractivity contribution in [2.24, 2.45) is 0 Å². The van der Waals surface area contributed by atoms with Gasteiger partial charge in [-0.1, -0.05) is 18.2 Å². The van der Waals surface area contributed by atoms with Crippen LogP contribution >= 0.6 is 0 Å². The molecular weight excluding hydrogens is 346 g/mol. The Morgan fingerprint density at radius 3 is 2.56 bits per heavy atom. The van der Waals surface area contributed by atoms with Crippen molar-refractivity contribution in [3.8, 4) is 5.75 Å². The molecule has 2 aromatic rings.